The molecule has 0 spiro atoms. The highest BCUT2D eigenvalue weighted by molar-refractivity contribution is 5.43. The number of methoxy groups -OCH3 is 1. The molecule has 1 aliphatic heterocycles. The minimum Gasteiger partial charge on any atom is -0.493 e. The monoisotopic (exact) mass is 527 g/mol. The first-order valence-electron chi connectivity index (χ1n) is 13.1. The number of β-amino-alcohol motifs (C(OH)–C–C–N with tert-alkyl or cyclic N) is 1. The Labute approximate surface area is 223 Å². The van der Waals surface area contributed by atoms with E-state index in [1.165, 1.54) is 12.1 Å². The molecule has 206 valence electrons. The molecular weight excluding hydrogens is 489 g/mol. The summed E-state index contributed by atoms with van der Waals surface area (Å²) in [4.78, 5) is 6.44. The van der Waals surface area contributed by atoms with Gasteiger partial charge in [-0.25, -0.2) is 9.37 Å². The van der Waals surface area contributed by atoms with Crippen molar-refractivity contribution in [3.8, 4) is 17.2 Å². The van der Waals surface area contributed by atoms with E-state index in [0.29, 0.717) is 48.9 Å². The zero-order valence-electron chi connectivity index (χ0n) is 22.4. The lowest BCUT2D eigenvalue weighted by atomic mass is 9.90. The molecule has 0 amide bonds. The summed E-state index contributed by atoms with van der Waals surface area (Å²) in [5, 5.41) is 21.8. The van der Waals surface area contributed by atoms with E-state index < -0.39 is 11.7 Å². The number of ether oxygens (including phenoxy) is 3. The fraction of sp³-hybridized carbons (Fsp3) is 0.483. The van der Waals surface area contributed by atoms with Gasteiger partial charge in [0.2, 0.25) is 0 Å². The van der Waals surface area contributed by atoms with Crippen LogP contribution in [0.5, 0.6) is 17.2 Å². The summed E-state index contributed by atoms with van der Waals surface area (Å²) >= 11 is 0. The number of halogens is 1. The van der Waals surface area contributed by atoms with Gasteiger partial charge in [0.25, 0.3) is 0 Å². The summed E-state index contributed by atoms with van der Waals surface area (Å²) in [6, 6.07) is 10.3. The van der Waals surface area contributed by atoms with Crippen molar-refractivity contribution in [1.82, 2.24) is 14.5 Å². The van der Waals surface area contributed by atoms with Crippen LogP contribution < -0.4 is 14.2 Å². The number of aryl methyl sites for hydroxylation is 3. The van der Waals surface area contributed by atoms with Gasteiger partial charge >= 0.3 is 0 Å². The summed E-state index contributed by atoms with van der Waals surface area (Å²) in [7, 11) is 1.62. The molecule has 0 unspecified atom stereocenters. The van der Waals surface area contributed by atoms with Crippen molar-refractivity contribution in [3.63, 3.8) is 0 Å². The topological polar surface area (TPSA) is 89.2 Å². The molecular formula is C29H38FN3O5. The van der Waals surface area contributed by atoms with Crippen molar-refractivity contribution in [1.29, 1.82) is 0 Å². The van der Waals surface area contributed by atoms with Crippen LogP contribution in [0.4, 0.5) is 4.39 Å². The molecule has 9 heteroatoms. The molecule has 2 aromatic carbocycles. The van der Waals surface area contributed by atoms with E-state index in [1.807, 2.05) is 30.6 Å². The molecule has 1 fully saturated rings. The molecule has 38 heavy (non-hydrogen) atoms. The molecule has 2 atom stereocenters. The van der Waals surface area contributed by atoms with Gasteiger partial charge in [-0.05, 0) is 61.2 Å². The summed E-state index contributed by atoms with van der Waals surface area (Å²) in [5.41, 5.74) is 0.0274. The number of piperidine rings is 1. The summed E-state index contributed by atoms with van der Waals surface area (Å²) in [6.45, 7) is 6.46. The Hall–Kier alpha value is -3.14. The number of benzene rings is 2. The number of aliphatic hydroxyl groups excluding tert-OH is 1. The average molecular weight is 528 g/mol. The Balaban J connectivity index is 1.34. The Morgan fingerprint density at radius 2 is 2.00 bits per heavy atom. The molecule has 4 rings (SSSR count). The van der Waals surface area contributed by atoms with Crippen LogP contribution in [-0.4, -0.2) is 69.8 Å². The standard InChI is InChI=1S/C29H38FN3O5/c1-4-28-31-11-14-33(28)12-5-15-37-26-17-22(6-9-25(26)36-3)18-32-13-10-27(34)29(35,19-32)20-38-23-7-8-24(30)21(2)16-23/h6-9,11,14,16-17,27,34-35H,4-5,10,12-13,15,18-20H2,1-3H3/t27-,29-/m0/s1. The largest absolute Gasteiger partial charge is 0.493 e. The lowest BCUT2D eigenvalue weighted by Crippen LogP contribution is -2.59. The predicted octanol–water partition coefficient (Wildman–Crippen LogP) is 3.75. The van der Waals surface area contributed by atoms with Crippen LogP contribution in [0.1, 0.15) is 36.7 Å². The van der Waals surface area contributed by atoms with Crippen molar-refractivity contribution in [3.05, 3.63) is 71.6 Å². The van der Waals surface area contributed by atoms with Crippen LogP contribution in [0, 0.1) is 12.7 Å². The van der Waals surface area contributed by atoms with Gasteiger partial charge in [0.1, 0.15) is 29.6 Å². The molecule has 0 radical (unpaired) electrons. The van der Waals surface area contributed by atoms with Gasteiger partial charge in [-0.15, -0.1) is 0 Å². The SMILES string of the molecule is CCc1nccn1CCCOc1cc(CN2CC[C@H](O)[C@@](O)(COc3ccc(F)c(C)c3)C2)ccc1OC. The van der Waals surface area contributed by atoms with Crippen molar-refractivity contribution in [2.45, 2.75) is 57.9 Å². The van der Waals surface area contributed by atoms with E-state index in [0.717, 1.165) is 30.8 Å². The fourth-order valence-corrected chi connectivity index (χ4v) is 4.80. The van der Waals surface area contributed by atoms with Crippen molar-refractivity contribution in [2.24, 2.45) is 0 Å². The molecule has 0 bridgehead atoms. The number of aliphatic hydroxyl groups is 2. The van der Waals surface area contributed by atoms with E-state index in [9.17, 15) is 14.6 Å². The third kappa shape index (κ3) is 6.83. The van der Waals surface area contributed by atoms with Crippen molar-refractivity contribution < 1.29 is 28.8 Å². The Morgan fingerprint density at radius 1 is 1.16 bits per heavy atom. The van der Waals surface area contributed by atoms with E-state index >= 15 is 0 Å². The highest BCUT2D eigenvalue weighted by atomic mass is 19.1. The molecule has 0 saturated carbocycles. The number of imidazole rings is 1. The summed E-state index contributed by atoms with van der Waals surface area (Å²) in [6.07, 6.45) is 5.03. The fourth-order valence-electron chi connectivity index (χ4n) is 4.80. The summed E-state index contributed by atoms with van der Waals surface area (Å²) < 4.78 is 33.0. The Bertz CT molecular complexity index is 1200. The zero-order valence-corrected chi connectivity index (χ0v) is 22.4. The number of rotatable bonds is 12. The molecule has 8 nitrogen and oxygen atoms in total. The average Bonchev–Trinajstić information content (AvgIpc) is 3.37. The maximum absolute atomic E-state index is 13.6. The molecule has 1 aromatic heterocycles. The van der Waals surface area contributed by atoms with Crippen LogP contribution in [0.2, 0.25) is 0 Å². The number of hydrogen-bond donors (Lipinski definition) is 2. The number of aromatic nitrogens is 2. The third-order valence-electron chi connectivity index (χ3n) is 7.01. The van der Waals surface area contributed by atoms with Gasteiger partial charge in [0, 0.05) is 45.0 Å². The van der Waals surface area contributed by atoms with Crippen LogP contribution >= 0.6 is 0 Å². The van der Waals surface area contributed by atoms with E-state index in [1.54, 1.807) is 20.1 Å². The summed E-state index contributed by atoms with van der Waals surface area (Å²) in [5.74, 6) is 2.55. The first-order chi connectivity index (χ1) is 18.3. The second kappa shape index (κ2) is 12.6. The molecule has 3 aromatic rings. The molecule has 1 saturated heterocycles. The normalized spacial score (nSPS) is 19.9. The zero-order chi connectivity index (χ0) is 27.1. The van der Waals surface area contributed by atoms with Gasteiger partial charge in [0.05, 0.1) is 19.8 Å². The molecule has 1 aliphatic rings. The smallest absolute Gasteiger partial charge is 0.161 e. The van der Waals surface area contributed by atoms with Gasteiger partial charge < -0.3 is 29.0 Å². The van der Waals surface area contributed by atoms with Crippen molar-refractivity contribution >= 4 is 0 Å². The second-order valence-corrected chi connectivity index (χ2v) is 9.90. The lowest BCUT2D eigenvalue weighted by molar-refractivity contribution is -0.140. The maximum atomic E-state index is 13.6. The van der Waals surface area contributed by atoms with Gasteiger partial charge in [-0.2, -0.15) is 0 Å². The molecule has 2 heterocycles. The van der Waals surface area contributed by atoms with Crippen LogP contribution in [0.15, 0.2) is 48.8 Å². The maximum Gasteiger partial charge on any atom is 0.161 e. The Morgan fingerprint density at radius 3 is 2.76 bits per heavy atom. The Kier molecular flexibility index (Phi) is 9.25. The second-order valence-electron chi connectivity index (χ2n) is 9.90. The number of likely N-dealkylation sites (tertiary alicyclic amines) is 1. The van der Waals surface area contributed by atoms with Gasteiger partial charge in [0.15, 0.2) is 11.5 Å². The minimum absolute atomic E-state index is 0.0939. The van der Waals surface area contributed by atoms with Crippen LogP contribution in [-0.2, 0) is 19.5 Å². The lowest BCUT2D eigenvalue weighted by Gasteiger charge is -2.42. The van der Waals surface area contributed by atoms with E-state index in [4.69, 9.17) is 14.2 Å². The van der Waals surface area contributed by atoms with Gasteiger partial charge in [-0.1, -0.05) is 13.0 Å². The number of hydrogen-bond acceptors (Lipinski definition) is 7. The predicted molar refractivity (Wildman–Crippen MR) is 142 cm³/mol. The van der Waals surface area contributed by atoms with Crippen LogP contribution in [0.3, 0.4) is 0 Å². The molecule has 0 aliphatic carbocycles. The van der Waals surface area contributed by atoms with Crippen LogP contribution in [0.25, 0.3) is 0 Å². The molecule has 2 N–H and O–H groups in total. The highest BCUT2D eigenvalue weighted by Gasteiger charge is 2.42. The number of nitrogens with zero attached hydrogens (tertiary/aromatic N) is 3. The third-order valence-corrected chi connectivity index (χ3v) is 7.01. The highest BCUT2D eigenvalue weighted by Crippen LogP contribution is 2.30. The minimum atomic E-state index is -1.45. The first kappa shape index (κ1) is 27.9. The quantitative estimate of drug-likeness (QED) is 0.347. The van der Waals surface area contributed by atoms with Crippen molar-refractivity contribution in [2.75, 3.05) is 33.4 Å². The van der Waals surface area contributed by atoms with E-state index in [2.05, 4.69) is 21.4 Å². The first-order valence-corrected chi connectivity index (χ1v) is 13.1. The van der Waals surface area contributed by atoms with Gasteiger partial charge in [-0.3, -0.25) is 4.90 Å². The van der Waals surface area contributed by atoms with E-state index in [-0.39, 0.29) is 19.0 Å².